The number of benzene rings is 2. The SMILES string of the molecule is CC(=NCCCC(=O)Cc1ccc(CC(NC(=O)[C@@H]2CSCN2S(=O)(=O)c2ccccc2)C(=O)O)cc1)NC#N. The molecule has 2 atom stereocenters. The Bertz CT molecular complexity index is 1370. The summed E-state index contributed by atoms with van der Waals surface area (Å²) in [6.45, 7) is 2.11. The highest BCUT2D eigenvalue weighted by atomic mass is 32.2. The second-order valence-corrected chi connectivity index (χ2v) is 12.1. The smallest absolute Gasteiger partial charge is 0.326 e. The highest BCUT2D eigenvalue weighted by Gasteiger charge is 2.41. The zero-order valence-electron chi connectivity index (χ0n) is 21.9. The van der Waals surface area contributed by atoms with Crippen LogP contribution in [0.15, 0.2) is 64.5 Å². The monoisotopic (exact) mass is 585 g/mol. The van der Waals surface area contributed by atoms with E-state index in [2.05, 4.69) is 15.6 Å². The molecule has 0 saturated carbocycles. The molecular formula is C27H31N5O6S2. The lowest BCUT2D eigenvalue weighted by Crippen LogP contribution is -2.52. The van der Waals surface area contributed by atoms with Crippen LogP contribution in [-0.2, 0) is 37.2 Å². The summed E-state index contributed by atoms with van der Waals surface area (Å²) < 4.78 is 27.2. The number of nitrogens with one attached hydrogen (secondary N) is 2. The van der Waals surface area contributed by atoms with Crippen LogP contribution in [0, 0.1) is 11.5 Å². The van der Waals surface area contributed by atoms with Crippen molar-refractivity contribution in [2.24, 2.45) is 4.99 Å². The minimum Gasteiger partial charge on any atom is -0.480 e. The molecule has 3 rings (SSSR count). The molecule has 0 bridgehead atoms. The highest BCUT2D eigenvalue weighted by molar-refractivity contribution is 8.00. The van der Waals surface area contributed by atoms with E-state index in [0.29, 0.717) is 30.8 Å². The Morgan fingerprint density at radius 3 is 2.48 bits per heavy atom. The maximum atomic E-state index is 13.1. The number of aliphatic imine (C=N–C) groups is 1. The van der Waals surface area contributed by atoms with Gasteiger partial charge in [-0.3, -0.25) is 19.9 Å². The normalized spacial score (nSPS) is 16.6. The summed E-state index contributed by atoms with van der Waals surface area (Å²) in [6.07, 6.45) is 2.90. The lowest BCUT2D eigenvalue weighted by atomic mass is 10.0. The molecule has 2 aromatic rings. The standard InChI is InChI=1S/C27H31N5O6S2/c1-19(30-17-28)29-13-5-6-22(33)14-20-9-11-21(12-10-20)15-24(27(35)36)31-26(34)25-16-39-18-32(25)40(37,38)23-7-3-2-4-8-23/h2-4,7-12,24-25H,5-6,13-16,18H2,1H3,(H,29,30)(H,31,34)(H,35,36)/t24?,25-/m0/s1. The molecule has 11 nitrogen and oxygen atoms in total. The van der Waals surface area contributed by atoms with E-state index in [1.807, 2.05) is 0 Å². The molecule has 1 heterocycles. The molecule has 1 aliphatic rings. The van der Waals surface area contributed by atoms with Crippen LogP contribution in [0.2, 0.25) is 0 Å². The fraction of sp³-hybridized carbons (Fsp3) is 0.370. The van der Waals surface area contributed by atoms with Crippen LogP contribution in [0.1, 0.15) is 30.9 Å². The van der Waals surface area contributed by atoms with Crippen molar-refractivity contribution < 1.29 is 27.9 Å². The fourth-order valence-electron chi connectivity index (χ4n) is 4.06. The molecule has 0 radical (unpaired) electrons. The summed E-state index contributed by atoms with van der Waals surface area (Å²) >= 11 is 1.29. The number of Topliss-reactive ketones (excluding diaryl/α,β-unsaturated/α-hetero) is 1. The number of aliphatic carboxylic acids is 1. The predicted molar refractivity (Wildman–Crippen MR) is 151 cm³/mol. The van der Waals surface area contributed by atoms with Gasteiger partial charge in [-0.2, -0.15) is 9.57 Å². The maximum Gasteiger partial charge on any atom is 0.326 e. The van der Waals surface area contributed by atoms with Crippen LogP contribution in [0.3, 0.4) is 0 Å². The van der Waals surface area contributed by atoms with Crippen molar-refractivity contribution in [2.45, 2.75) is 49.6 Å². The Hall–Kier alpha value is -3.73. The fourth-order valence-corrected chi connectivity index (χ4v) is 7.23. The second kappa shape index (κ2) is 14.6. The van der Waals surface area contributed by atoms with E-state index in [9.17, 15) is 27.9 Å². The first-order valence-corrected chi connectivity index (χ1v) is 15.1. The summed E-state index contributed by atoms with van der Waals surface area (Å²) in [7, 11) is -3.92. The Morgan fingerprint density at radius 1 is 1.15 bits per heavy atom. The van der Waals surface area contributed by atoms with Gasteiger partial charge in [0.25, 0.3) is 0 Å². The summed E-state index contributed by atoms with van der Waals surface area (Å²) in [5.41, 5.74) is 1.42. The summed E-state index contributed by atoms with van der Waals surface area (Å²) in [5.74, 6) is -1.05. The molecule has 3 N–H and O–H groups in total. The molecule has 40 heavy (non-hydrogen) atoms. The van der Waals surface area contributed by atoms with Crippen LogP contribution in [0.25, 0.3) is 0 Å². The van der Waals surface area contributed by atoms with Crippen molar-refractivity contribution in [2.75, 3.05) is 18.2 Å². The molecule has 0 aromatic heterocycles. The maximum absolute atomic E-state index is 13.1. The number of amidine groups is 1. The summed E-state index contributed by atoms with van der Waals surface area (Å²) in [5, 5.41) is 23.2. The van der Waals surface area contributed by atoms with Crippen LogP contribution in [-0.4, -0.2) is 71.6 Å². The van der Waals surface area contributed by atoms with Crippen molar-refractivity contribution in [3.05, 3.63) is 65.7 Å². The van der Waals surface area contributed by atoms with Crippen molar-refractivity contribution in [1.29, 1.82) is 5.26 Å². The first-order chi connectivity index (χ1) is 19.1. The Balaban J connectivity index is 1.56. The molecule has 0 spiro atoms. The minimum absolute atomic E-state index is 0.00527. The Labute approximate surface area is 237 Å². The van der Waals surface area contributed by atoms with Crippen LogP contribution in [0.5, 0.6) is 0 Å². The van der Waals surface area contributed by atoms with Crippen molar-refractivity contribution >= 4 is 45.3 Å². The van der Waals surface area contributed by atoms with Crippen molar-refractivity contribution in [3.63, 3.8) is 0 Å². The zero-order chi connectivity index (χ0) is 29.1. The molecule has 1 unspecified atom stereocenters. The van der Waals surface area contributed by atoms with Gasteiger partial charge in [-0.25, -0.2) is 13.2 Å². The molecule has 1 aliphatic heterocycles. The largest absolute Gasteiger partial charge is 0.480 e. The number of rotatable bonds is 13. The van der Waals surface area contributed by atoms with Gasteiger partial charge in [0, 0.05) is 31.6 Å². The average molecular weight is 586 g/mol. The number of carbonyl (C=O) groups excluding carboxylic acids is 2. The molecule has 2 aromatic carbocycles. The number of carboxylic acid groups (broad SMARTS) is 1. The number of sulfonamides is 1. The van der Waals surface area contributed by atoms with E-state index in [1.54, 1.807) is 55.6 Å². The Kier molecular flexibility index (Phi) is 11.2. The summed E-state index contributed by atoms with van der Waals surface area (Å²) in [6, 6.07) is 12.4. The van der Waals surface area contributed by atoms with Gasteiger partial charge in [-0.05, 0) is 36.6 Å². The third kappa shape index (κ3) is 8.64. The van der Waals surface area contributed by atoms with E-state index in [0.717, 1.165) is 9.87 Å². The van der Waals surface area contributed by atoms with Crippen LogP contribution >= 0.6 is 11.8 Å². The number of carboxylic acids is 1. The van der Waals surface area contributed by atoms with E-state index < -0.39 is 34.0 Å². The van der Waals surface area contributed by atoms with E-state index >= 15 is 0 Å². The minimum atomic E-state index is -3.92. The molecule has 13 heteroatoms. The number of hydrogen-bond acceptors (Lipinski definition) is 8. The van der Waals surface area contributed by atoms with Gasteiger partial charge in [0.2, 0.25) is 15.9 Å². The lowest BCUT2D eigenvalue weighted by molar-refractivity contribution is -0.142. The second-order valence-electron chi connectivity index (χ2n) is 9.16. The Morgan fingerprint density at radius 2 is 1.82 bits per heavy atom. The molecule has 1 amide bonds. The number of nitriles is 1. The van der Waals surface area contributed by atoms with Gasteiger partial charge in [0.1, 0.15) is 23.7 Å². The third-order valence-corrected chi connectivity index (χ3v) is 9.22. The molecule has 212 valence electrons. The number of carbonyl (C=O) groups is 3. The van der Waals surface area contributed by atoms with Gasteiger partial charge in [0.05, 0.1) is 10.8 Å². The number of nitrogens with zero attached hydrogens (tertiary/aromatic N) is 3. The highest BCUT2D eigenvalue weighted by Crippen LogP contribution is 2.28. The molecular weight excluding hydrogens is 554 g/mol. The number of ketones is 1. The van der Waals surface area contributed by atoms with E-state index in [1.165, 1.54) is 23.9 Å². The van der Waals surface area contributed by atoms with E-state index in [-0.39, 0.29) is 35.2 Å². The first kappa shape index (κ1) is 30.8. The first-order valence-electron chi connectivity index (χ1n) is 12.6. The van der Waals surface area contributed by atoms with Gasteiger partial charge in [-0.1, -0.05) is 42.5 Å². The molecule has 1 saturated heterocycles. The molecule has 0 aliphatic carbocycles. The topological polar surface area (TPSA) is 169 Å². The molecule has 1 fully saturated rings. The number of thioether (sulfide) groups is 1. The quantitative estimate of drug-likeness (QED) is 0.105. The number of amides is 1. The predicted octanol–water partition coefficient (Wildman–Crippen LogP) is 1.94. The van der Waals surface area contributed by atoms with Crippen molar-refractivity contribution in [3.8, 4) is 6.19 Å². The lowest BCUT2D eigenvalue weighted by Gasteiger charge is -2.24. The van der Waals surface area contributed by atoms with Crippen molar-refractivity contribution in [1.82, 2.24) is 14.9 Å². The van der Waals surface area contributed by atoms with Crippen LogP contribution in [0.4, 0.5) is 0 Å². The average Bonchev–Trinajstić information content (AvgIpc) is 3.44. The van der Waals surface area contributed by atoms with Gasteiger partial charge in [-0.15, -0.1) is 11.8 Å². The van der Waals surface area contributed by atoms with Crippen LogP contribution < -0.4 is 10.6 Å². The van der Waals surface area contributed by atoms with Gasteiger partial charge < -0.3 is 10.4 Å². The van der Waals surface area contributed by atoms with Gasteiger partial charge >= 0.3 is 5.97 Å². The third-order valence-electron chi connectivity index (χ3n) is 6.17. The zero-order valence-corrected chi connectivity index (χ0v) is 23.6. The summed E-state index contributed by atoms with van der Waals surface area (Å²) in [4.78, 5) is 41.5. The van der Waals surface area contributed by atoms with E-state index in [4.69, 9.17) is 5.26 Å². The number of hydrogen-bond donors (Lipinski definition) is 3. The van der Waals surface area contributed by atoms with Gasteiger partial charge in [0.15, 0.2) is 6.19 Å².